The molecule has 0 spiro atoms. The van der Waals surface area contributed by atoms with E-state index in [2.05, 4.69) is 15.0 Å². The fraction of sp³-hybridized carbons (Fsp3) is 0.500. The molecule has 0 aliphatic heterocycles. The van der Waals surface area contributed by atoms with Crippen molar-refractivity contribution in [2.24, 2.45) is 10.9 Å². The zero-order valence-electron chi connectivity index (χ0n) is 10.8. The molecule has 6 heteroatoms. The van der Waals surface area contributed by atoms with Crippen molar-refractivity contribution in [3.05, 3.63) is 30.1 Å². The number of nitrogens with zero attached hydrogens (tertiary/aromatic N) is 3. The lowest BCUT2D eigenvalue weighted by Gasteiger charge is -2.18. The van der Waals surface area contributed by atoms with E-state index in [9.17, 15) is 0 Å². The van der Waals surface area contributed by atoms with Crippen LogP contribution in [0.2, 0.25) is 0 Å². The Labute approximate surface area is 107 Å². The van der Waals surface area contributed by atoms with Gasteiger partial charge in [-0.2, -0.15) is 0 Å². The van der Waals surface area contributed by atoms with Gasteiger partial charge in [0.25, 0.3) is 0 Å². The Hall–Kier alpha value is -1.66. The van der Waals surface area contributed by atoms with E-state index in [0.717, 1.165) is 18.8 Å². The third-order valence-corrected chi connectivity index (χ3v) is 2.53. The highest BCUT2D eigenvalue weighted by atomic mass is 16.5. The molecule has 0 aliphatic carbocycles. The van der Waals surface area contributed by atoms with E-state index in [1.54, 1.807) is 13.1 Å². The van der Waals surface area contributed by atoms with Crippen molar-refractivity contribution < 1.29 is 9.94 Å². The lowest BCUT2D eigenvalue weighted by molar-refractivity contribution is 0.0860. The molecule has 18 heavy (non-hydrogen) atoms. The Morgan fingerprint density at radius 3 is 3.00 bits per heavy atom. The molecule has 1 heterocycles. The van der Waals surface area contributed by atoms with Gasteiger partial charge < -0.3 is 15.7 Å². The van der Waals surface area contributed by atoms with Crippen molar-refractivity contribution in [3.8, 4) is 0 Å². The summed E-state index contributed by atoms with van der Waals surface area (Å²) in [5.74, 6) is 0.0855. The van der Waals surface area contributed by atoms with Gasteiger partial charge in [-0.25, -0.2) is 0 Å². The van der Waals surface area contributed by atoms with Crippen LogP contribution < -0.4 is 5.73 Å². The summed E-state index contributed by atoms with van der Waals surface area (Å²) in [6.45, 7) is 3.77. The van der Waals surface area contributed by atoms with Gasteiger partial charge in [0.2, 0.25) is 0 Å². The minimum absolute atomic E-state index is 0.0855. The van der Waals surface area contributed by atoms with Crippen LogP contribution in [0.4, 0.5) is 0 Å². The predicted molar refractivity (Wildman–Crippen MR) is 69.4 cm³/mol. The van der Waals surface area contributed by atoms with E-state index >= 15 is 0 Å². The van der Waals surface area contributed by atoms with E-state index in [1.807, 2.05) is 25.2 Å². The van der Waals surface area contributed by atoms with Crippen LogP contribution in [-0.2, 0) is 11.3 Å². The van der Waals surface area contributed by atoms with Gasteiger partial charge in [-0.3, -0.25) is 9.88 Å². The minimum Gasteiger partial charge on any atom is -0.409 e. The molecule has 1 aromatic heterocycles. The average molecular weight is 252 g/mol. The first-order valence-electron chi connectivity index (χ1n) is 5.81. The minimum atomic E-state index is -0.377. The maximum atomic E-state index is 8.47. The van der Waals surface area contributed by atoms with Crippen LogP contribution in [0.1, 0.15) is 12.6 Å². The van der Waals surface area contributed by atoms with Crippen molar-refractivity contribution in [3.63, 3.8) is 0 Å². The molecule has 0 fully saturated rings. The van der Waals surface area contributed by atoms with Crippen LogP contribution in [0.5, 0.6) is 0 Å². The summed E-state index contributed by atoms with van der Waals surface area (Å²) in [7, 11) is 1.99. The van der Waals surface area contributed by atoms with E-state index in [1.165, 1.54) is 0 Å². The summed E-state index contributed by atoms with van der Waals surface area (Å²) in [6, 6.07) is 5.84. The topological polar surface area (TPSA) is 84.0 Å². The molecule has 100 valence electrons. The van der Waals surface area contributed by atoms with Gasteiger partial charge in [-0.1, -0.05) is 11.2 Å². The summed E-state index contributed by atoms with van der Waals surface area (Å²) in [5, 5.41) is 11.4. The largest absolute Gasteiger partial charge is 0.409 e. The van der Waals surface area contributed by atoms with E-state index < -0.39 is 0 Å². The van der Waals surface area contributed by atoms with E-state index in [0.29, 0.717) is 6.61 Å². The maximum absolute atomic E-state index is 8.47. The van der Waals surface area contributed by atoms with Crippen LogP contribution in [-0.4, -0.2) is 47.2 Å². The number of hydrogen-bond donors (Lipinski definition) is 2. The molecule has 3 N–H and O–H groups in total. The molecular weight excluding hydrogens is 232 g/mol. The molecule has 6 nitrogen and oxygen atoms in total. The fourth-order valence-corrected chi connectivity index (χ4v) is 1.40. The number of pyridine rings is 1. The second kappa shape index (κ2) is 7.62. The second-order valence-corrected chi connectivity index (χ2v) is 4.10. The summed E-state index contributed by atoms with van der Waals surface area (Å²) in [5.41, 5.74) is 6.43. The van der Waals surface area contributed by atoms with Crippen LogP contribution in [0.3, 0.4) is 0 Å². The fourth-order valence-electron chi connectivity index (χ4n) is 1.40. The SMILES string of the molecule is CC(OCCN(C)Cc1ccccn1)/C(N)=N/O. The number of amidine groups is 1. The molecule has 0 saturated carbocycles. The van der Waals surface area contributed by atoms with Crippen molar-refractivity contribution in [2.75, 3.05) is 20.2 Å². The summed E-state index contributed by atoms with van der Waals surface area (Å²) in [6.07, 6.45) is 1.40. The van der Waals surface area contributed by atoms with Gasteiger partial charge in [0.15, 0.2) is 5.84 Å². The quantitative estimate of drug-likeness (QED) is 0.322. The molecule has 1 unspecified atom stereocenters. The van der Waals surface area contributed by atoms with Crippen molar-refractivity contribution >= 4 is 5.84 Å². The van der Waals surface area contributed by atoms with Gasteiger partial charge >= 0.3 is 0 Å². The molecule has 0 bridgehead atoms. The van der Waals surface area contributed by atoms with E-state index in [-0.39, 0.29) is 11.9 Å². The summed E-state index contributed by atoms with van der Waals surface area (Å²) < 4.78 is 5.43. The van der Waals surface area contributed by atoms with E-state index in [4.69, 9.17) is 15.7 Å². The Morgan fingerprint density at radius 2 is 2.39 bits per heavy atom. The lowest BCUT2D eigenvalue weighted by atomic mass is 10.3. The molecule has 0 amide bonds. The summed E-state index contributed by atoms with van der Waals surface area (Å²) >= 11 is 0. The number of hydrogen-bond acceptors (Lipinski definition) is 5. The molecule has 0 radical (unpaired) electrons. The summed E-state index contributed by atoms with van der Waals surface area (Å²) in [4.78, 5) is 6.35. The zero-order chi connectivity index (χ0) is 13.4. The van der Waals surface area contributed by atoms with Crippen molar-refractivity contribution in [2.45, 2.75) is 19.6 Å². The number of likely N-dealkylation sites (N-methyl/N-ethyl adjacent to an activating group) is 1. The van der Waals surface area contributed by atoms with Gasteiger partial charge in [-0.15, -0.1) is 0 Å². The van der Waals surface area contributed by atoms with Crippen molar-refractivity contribution in [1.82, 2.24) is 9.88 Å². The zero-order valence-corrected chi connectivity index (χ0v) is 10.8. The van der Waals surface area contributed by atoms with Gasteiger partial charge in [0.1, 0.15) is 6.10 Å². The monoisotopic (exact) mass is 252 g/mol. The van der Waals surface area contributed by atoms with Crippen molar-refractivity contribution in [1.29, 1.82) is 0 Å². The Morgan fingerprint density at radius 1 is 1.61 bits per heavy atom. The molecule has 0 saturated heterocycles. The molecule has 1 atom stereocenters. The van der Waals surface area contributed by atoms with Crippen LogP contribution in [0, 0.1) is 0 Å². The molecule has 1 aromatic rings. The van der Waals surface area contributed by atoms with Crippen LogP contribution >= 0.6 is 0 Å². The number of nitrogens with two attached hydrogens (primary N) is 1. The number of rotatable bonds is 7. The molecular formula is C12H20N4O2. The average Bonchev–Trinajstić information content (AvgIpc) is 2.38. The molecule has 0 aromatic carbocycles. The number of ether oxygens (including phenoxy) is 1. The van der Waals surface area contributed by atoms with Gasteiger partial charge in [0, 0.05) is 19.3 Å². The third-order valence-electron chi connectivity index (χ3n) is 2.53. The highest BCUT2D eigenvalue weighted by Gasteiger charge is 2.08. The predicted octanol–water partition coefficient (Wildman–Crippen LogP) is 0.665. The Bertz CT molecular complexity index is 370. The lowest BCUT2D eigenvalue weighted by Crippen LogP contribution is -2.32. The number of aromatic nitrogens is 1. The molecule has 1 rings (SSSR count). The van der Waals surface area contributed by atoms with Crippen LogP contribution in [0.15, 0.2) is 29.6 Å². The normalized spacial score (nSPS) is 13.8. The highest BCUT2D eigenvalue weighted by Crippen LogP contribution is 1.99. The maximum Gasteiger partial charge on any atom is 0.168 e. The second-order valence-electron chi connectivity index (χ2n) is 4.10. The standard InChI is InChI=1S/C12H20N4O2/c1-10(12(13)15-17)18-8-7-16(2)9-11-5-3-4-6-14-11/h3-6,10,17H,7-9H2,1-2H3,(H2,13,15). The highest BCUT2D eigenvalue weighted by molar-refractivity contribution is 5.83. The smallest absolute Gasteiger partial charge is 0.168 e. The third kappa shape index (κ3) is 5.11. The molecule has 0 aliphatic rings. The Kier molecular flexibility index (Phi) is 6.10. The first kappa shape index (κ1) is 14.4. The van der Waals surface area contributed by atoms with Gasteiger partial charge in [0.05, 0.1) is 12.3 Å². The van der Waals surface area contributed by atoms with Gasteiger partial charge in [-0.05, 0) is 26.1 Å². The first-order chi connectivity index (χ1) is 8.63. The first-order valence-corrected chi connectivity index (χ1v) is 5.81. The Balaban J connectivity index is 2.24. The number of oxime groups is 1. The van der Waals surface area contributed by atoms with Crippen LogP contribution in [0.25, 0.3) is 0 Å².